The molecular formula is C22H22N4OS. The van der Waals surface area contributed by atoms with Crippen molar-refractivity contribution in [2.45, 2.75) is 20.8 Å². The second-order valence-corrected chi connectivity index (χ2v) is 8.16. The van der Waals surface area contributed by atoms with Crippen molar-refractivity contribution in [2.24, 2.45) is 10.9 Å². The van der Waals surface area contributed by atoms with E-state index in [1.54, 1.807) is 0 Å². The molecule has 0 amide bonds. The van der Waals surface area contributed by atoms with Crippen molar-refractivity contribution in [3.8, 4) is 16.4 Å². The molecule has 0 saturated carbocycles. The molecule has 5 nitrogen and oxygen atoms in total. The molecule has 0 unspecified atom stereocenters. The van der Waals surface area contributed by atoms with E-state index in [2.05, 4.69) is 28.9 Å². The molecule has 1 N–H and O–H groups in total. The summed E-state index contributed by atoms with van der Waals surface area (Å²) in [5.41, 5.74) is 3.84. The predicted molar refractivity (Wildman–Crippen MR) is 117 cm³/mol. The third kappa shape index (κ3) is 3.43. The van der Waals surface area contributed by atoms with Crippen LogP contribution in [0.25, 0.3) is 26.6 Å². The maximum Gasteiger partial charge on any atom is 0.283 e. The third-order valence-corrected chi connectivity index (χ3v) is 5.50. The highest BCUT2D eigenvalue weighted by atomic mass is 32.1. The topological polar surface area (TPSA) is 63.0 Å². The molecule has 0 aliphatic heterocycles. The first-order chi connectivity index (χ1) is 13.5. The Balaban J connectivity index is 1.91. The molecular weight excluding hydrogens is 368 g/mol. The zero-order valence-corrected chi connectivity index (χ0v) is 17.0. The Morgan fingerprint density at radius 3 is 2.57 bits per heavy atom. The van der Waals surface area contributed by atoms with Crippen molar-refractivity contribution < 1.29 is 0 Å². The number of nitrogens with zero attached hydrogens (tertiary/aromatic N) is 3. The molecule has 0 radical (unpaired) electrons. The van der Waals surface area contributed by atoms with Crippen LogP contribution in [0.2, 0.25) is 0 Å². The first-order valence-corrected chi connectivity index (χ1v) is 10.1. The van der Waals surface area contributed by atoms with Gasteiger partial charge in [-0.25, -0.2) is 4.98 Å². The molecule has 4 rings (SSSR count). The lowest BCUT2D eigenvalue weighted by Crippen LogP contribution is -2.19. The number of para-hydroxylation sites is 1. The first-order valence-electron chi connectivity index (χ1n) is 9.32. The summed E-state index contributed by atoms with van der Waals surface area (Å²) >= 11 is 1.49. The van der Waals surface area contributed by atoms with E-state index in [1.165, 1.54) is 16.0 Å². The number of hydrogen-bond donors (Lipinski definition) is 1. The van der Waals surface area contributed by atoms with Crippen LogP contribution in [0.1, 0.15) is 26.3 Å². The van der Waals surface area contributed by atoms with Crippen LogP contribution in [0.4, 0.5) is 0 Å². The summed E-state index contributed by atoms with van der Waals surface area (Å²) in [6.07, 6.45) is 0. The van der Waals surface area contributed by atoms with Gasteiger partial charge in [0.15, 0.2) is 0 Å². The lowest BCUT2D eigenvalue weighted by Gasteiger charge is -2.04. The van der Waals surface area contributed by atoms with Gasteiger partial charge >= 0.3 is 0 Å². The van der Waals surface area contributed by atoms with Crippen LogP contribution in [0.15, 0.2) is 64.4 Å². The van der Waals surface area contributed by atoms with Gasteiger partial charge in [0.2, 0.25) is 5.13 Å². The molecule has 0 aliphatic carbocycles. The number of rotatable bonds is 5. The number of nitrogens with one attached hydrogen (secondary N) is 1. The normalized spacial score (nSPS) is 12.2. The van der Waals surface area contributed by atoms with Gasteiger partial charge < -0.3 is 0 Å². The fraction of sp³-hybridized carbons (Fsp3) is 0.227. The number of benzene rings is 2. The molecule has 6 heteroatoms. The lowest BCUT2D eigenvalue weighted by molar-refractivity contribution is 0.665. The molecule has 142 valence electrons. The standard InChI is InChI=1S/C22H22N4OS/c1-14(2)13-23-15(3)19-20(16-9-5-4-6-10-16)25-26(21(19)27)22-24-17-11-7-8-12-18(17)28-22/h4-12,14,25H,13H2,1-3H3. The fourth-order valence-electron chi connectivity index (χ4n) is 3.08. The molecule has 0 fully saturated rings. The first kappa shape index (κ1) is 18.4. The van der Waals surface area contributed by atoms with Crippen molar-refractivity contribution in [3.05, 3.63) is 70.5 Å². The number of fused-ring (bicyclic) bond motifs is 1. The summed E-state index contributed by atoms with van der Waals surface area (Å²) in [5, 5.41) is 3.91. The number of aromatic nitrogens is 3. The Labute approximate surface area is 167 Å². The van der Waals surface area contributed by atoms with Gasteiger partial charge in [-0.2, -0.15) is 4.68 Å². The van der Waals surface area contributed by atoms with Crippen molar-refractivity contribution in [1.82, 2.24) is 14.8 Å². The largest absolute Gasteiger partial charge is 0.289 e. The van der Waals surface area contributed by atoms with Crippen LogP contribution >= 0.6 is 11.3 Å². The lowest BCUT2D eigenvalue weighted by atomic mass is 10.1. The van der Waals surface area contributed by atoms with Crippen LogP contribution in [0, 0.1) is 5.92 Å². The summed E-state index contributed by atoms with van der Waals surface area (Å²) in [7, 11) is 0. The van der Waals surface area contributed by atoms with Crippen molar-refractivity contribution >= 4 is 27.3 Å². The molecule has 2 aromatic heterocycles. The predicted octanol–water partition coefficient (Wildman–Crippen LogP) is 4.91. The van der Waals surface area contributed by atoms with Crippen molar-refractivity contribution in [2.75, 3.05) is 6.54 Å². The summed E-state index contributed by atoms with van der Waals surface area (Å²) in [6, 6.07) is 17.8. The summed E-state index contributed by atoms with van der Waals surface area (Å²) in [6.45, 7) is 6.82. The van der Waals surface area contributed by atoms with Gasteiger partial charge in [0.05, 0.1) is 21.5 Å². The van der Waals surface area contributed by atoms with Gasteiger partial charge in [-0.15, -0.1) is 0 Å². The third-order valence-electron chi connectivity index (χ3n) is 4.48. The number of thiazole rings is 1. The summed E-state index contributed by atoms with van der Waals surface area (Å²) in [4.78, 5) is 22.6. The maximum atomic E-state index is 13.3. The quantitative estimate of drug-likeness (QED) is 0.492. The Morgan fingerprint density at radius 1 is 1.14 bits per heavy atom. The molecule has 0 bridgehead atoms. The molecule has 2 heterocycles. The minimum atomic E-state index is -0.122. The van der Waals surface area contributed by atoms with Gasteiger partial charge in [-0.3, -0.25) is 14.9 Å². The highest BCUT2D eigenvalue weighted by Gasteiger charge is 2.20. The molecule has 28 heavy (non-hydrogen) atoms. The number of aliphatic imine (C=N–C) groups is 1. The van der Waals surface area contributed by atoms with Gasteiger partial charge in [0, 0.05) is 17.8 Å². The number of H-pyrrole nitrogens is 1. The Hall–Kier alpha value is -2.99. The average molecular weight is 391 g/mol. The van der Waals surface area contributed by atoms with E-state index in [-0.39, 0.29) is 5.56 Å². The van der Waals surface area contributed by atoms with E-state index in [0.29, 0.717) is 23.2 Å². The van der Waals surface area contributed by atoms with Gasteiger partial charge in [0.1, 0.15) is 0 Å². The van der Waals surface area contributed by atoms with E-state index in [9.17, 15) is 4.79 Å². The van der Waals surface area contributed by atoms with Crippen LogP contribution < -0.4 is 5.56 Å². The highest BCUT2D eigenvalue weighted by molar-refractivity contribution is 7.20. The van der Waals surface area contributed by atoms with Crippen LogP contribution in [-0.2, 0) is 0 Å². The molecule has 2 aromatic carbocycles. The zero-order valence-electron chi connectivity index (χ0n) is 16.1. The minimum Gasteiger partial charge on any atom is -0.289 e. The number of hydrogen-bond acceptors (Lipinski definition) is 4. The molecule has 0 atom stereocenters. The Kier molecular flexibility index (Phi) is 4.96. The SMILES string of the molecule is CC(=NCC(C)C)c1c(-c2ccccc2)[nH]n(-c2nc3ccccc3s2)c1=O. The van der Waals surface area contributed by atoms with Crippen molar-refractivity contribution in [3.63, 3.8) is 0 Å². The fourth-order valence-corrected chi connectivity index (χ4v) is 4.00. The van der Waals surface area contributed by atoms with E-state index < -0.39 is 0 Å². The van der Waals surface area contributed by atoms with E-state index in [4.69, 9.17) is 0 Å². The molecule has 4 aromatic rings. The summed E-state index contributed by atoms with van der Waals surface area (Å²) in [5.74, 6) is 0.431. The highest BCUT2D eigenvalue weighted by Crippen LogP contribution is 2.26. The van der Waals surface area contributed by atoms with Gasteiger partial charge in [0.25, 0.3) is 5.56 Å². The van der Waals surface area contributed by atoms with Gasteiger partial charge in [-0.05, 0) is 25.0 Å². The van der Waals surface area contributed by atoms with E-state index in [1.807, 2.05) is 61.5 Å². The maximum absolute atomic E-state index is 13.3. The minimum absolute atomic E-state index is 0.122. The Morgan fingerprint density at radius 2 is 1.86 bits per heavy atom. The monoisotopic (exact) mass is 390 g/mol. The molecule has 0 aliphatic rings. The van der Waals surface area contributed by atoms with Crippen molar-refractivity contribution in [1.29, 1.82) is 0 Å². The Bertz CT molecular complexity index is 1170. The number of aromatic amines is 1. The second-order valence-electron chi connectivity index (χ2n) is 7.15. The second kappa shape index (κ2) is 7.56. The van der Waals surface area contributed by atoms with E-state index >= 15 is 0 Å². The zero-order chi connectivity index (χ0) is 19.7. The van der Waals surface area contributed by atoms with Crippen LogP contribution in [-0.4, -0.2) is 27.0 Å². The molecule has 0 saturated heterocycles. The smallest absolute Gasteiger partial charge is 0.283 e. The molecule has 0 spiro atoms. The van der Waals surface area contributed by atoms with Gasteiger partial charge in [-0.1, -0.05) is 67.6 Å². The summed E-state index contributed by atoms with van der Waals surface area (Å²) < 4.78 is 2.59. The van der Waals surface area contributed by atoms with Crippen LogP contribution in [0.5, 0.6) is 0 Å². The average Bonchev–Trinajstić information content (AvgIpc) is 3.27. The van der Waals surface area contributed by atoms with E-state index in [0.717, 1.165) is 27.2 Å². The van der Waals surface area contributed by atoms with Crippen LogP contribution in [0.3, 0.4) is 0 Å².